The molecule has 1 saturated heterocycles. The first kappa shape index (κ1) is 16.9. The van der Waals surface area contributed by atoms with Crippen molar-refractivity contribution in [2.75, 3.05) is 19.6 Å². The van der Waals surface area contributed by atoms with E-state index in [1.165, 1.54) is 19.3 Å². The van der Waals surface area contributed by atoms with Gasteiger partial charge in [-0.1, -0.05) is 67.1 Å². The van der Waals surface area contributed by atoms with Gasteiger partial charge < -0.3 is 10.0 Å². The topological polar surface area (TPSA) is 40.5 Å². The number of nitrogens with zero attached hydrogens (tertiary/aromatic N) is 1. The lowest BCUT2D eigenvalue weighted by molar-refractivity contribution is -0.134. The third-order valence-corrected chi connectivity index (χ3v) is 4.89. The quantitative estimate of drug-likeness (QED) is 0.886. The van der Waals surface area contributed by atoms with Crippen LogP contribution in [-0.2, 0) is 10.4 Å². The van der Waals surface area contributed by atoms with Gasteiger partial charge in [0.2, 0.25) is 0 Å². The van der Waals surface area contributed by atoms with Gasteiger partial charge in [0, 0.05) is 13.0 Å². The van der Waals surface area contributed by atoms with Crippen molar-refractivity contribution in [2.45, 2.75) is 31.3 Å². The molecule has 1 heterocycles. The van der Waals surface area contributed by atoms with Gasteiger partial charge in [0.1, 0.15) is 0 Å². The number of hydrogen-bond donors (Lipinski definition) is 1. The molecule has 0 aliphatic carbocycles. The van der Waals surface area contributed by atoms with Crippen LogP contribution in [0.4, 0.5) is 0 Å². The lowest BCUT2D eigenvalue weighted by Gasteiger charge is -2.30. The van der Waals surface area contributed by atoms with Crippen LogP contribution in [0.25, 0.3) is 0 Å². The summed E-state index contributed by atoms with van der Waals surface area (Å²) in [4.78, 5) is 15.4. The predicted molar refractivity (Wildman–Crippen MR) is 95.8 cm³/mol. The van der Waals surface area contributed by atoms with Crippen LogP contribution in [0.1, 0.15) is 36.8 Å². The molecular formula is C21H25NO2. The maximum absolute atomic E-state index is 13.0. The molecule has 0 aromatic heterocycles. The first-order valence-electron chi connectivity index (χ1n) is 8.80. The summed E-state index contributed by atoms with van der Waals surface area (Å²) in [5.41, 5.74) is -0.294. The van der Waals surface area contributed by atoms with E-state index in [2.05, 4.69) is 4.90 Å². The summed E-state index contributed by atoms with van der Waals surface area (Å²) in [6.45, 7) is 2.84. The monoisotopic (exact) mass is 323 g/mol. The van der Waals surface area contributed by atoms with Gasteiger partial charge in [0.15, 0.2) is 11.4 Å². The zero-order chi connectivity index (χ0) is 16.8. The number of carbonyl (C=O) groups is 1. The number of piperidine rings is 1. The lowest BCUT2D eigenvalue weighted by Crippen LogP contribution is -2.40. The summed E-state index contributed by atoms with van der Waals surface area (Å²) >= 11 is 0. The van der Waals surface area contributed by atoms with E-state index >= 15 is 0 Å². The SMILES string of the molecule is O=C(CCN1CCCCC1)C(O)(c1ccccc1)c1ccccc1. The van der Waals surface area contributed by atoms with Crippen molar-refractivity contribution in [2.24, 2.45) is 0 Å². The molecule has 0 unspecified atom stereocenters. The van der Waals surface area contributed by atoms with Crippen molar-refractivity contribution in [3.8, 4) is 0 Å². The molecule has 0 spiro atoms. The highest BCUT2D eigenvalue weighted by Crippen LogP contribution is 2.31. The molecule has 1 fully saturated rings. The number of benzene rings is 2. The Hall–Kier alpha value is -1.97. The van der Waals surface area contributed by atoms with Crippen LogP contribution < -0.4 is 0 Å². The van der Waals surface area contributed by atoms with E-state index < -0.39 is 5.60 Å². The summed E-state index contributed by atoms with van der Waals surface area (Å²) < 4.78 is 0. The Morgan fingerprint density at radius 2 is 1.38 bits per heavy atom. The van der Waals surface area contributed by atoms with Crippen molar-refractivity contribution in [3.63, 3.8) is 0 Å². The molecule has 24 heavy (non-hydrogen) atoms. The predicted octanol–water partition coefficient (Wildman–Crippen LogP) is 3.37. The Bertz CT molecular complexity index is 609. The summed E-state index contributed by atoms with van der Waals surface area (Å²) in [5.74, 6) is -0.134. The fraction of sp³-hybridized carbons (Fsp3) is 0.381. The van der Waals surface area contributed by atoms with Crippen LogP contribution in [0.5, 0.6) is 0 Å². The van der Waals surface area contributed by atoms with Crippen molar-refractivity contribution < 1.29 is 9.90 Å². The van der Waals surface area contributed by atoms with Crippen molar-refractivity contribution in [3.05, 3.63) is 71.8 Å². The Kier molecular flexibility index (Phi) is 5.44. The van der Waals surface area contributed by atoms with Crippen molar-refractivity contribution >= 4 is 5.78 Å². The summed E-state index contributed by atoms with van der Waals surface area (Å²) in [7, 11) is 0. The molecule has 0 radical (unpaired) electrons. The molecule has 0 amide bonds. The lowest BCUT2D eigenvalue weighted by atomic mass is 9.81. The highest BCUT2D eigenvalue weighted by atomic mass is 16.3. The fourth-order valence-corrected chi connectivity index (χ4v) is 3.47. The van der Waals surface area contributed by atoms with E-state index in [4.69, 9.17) is 0 Å². The Labute approximate surface area is 143 Å². The molecule has 3 heteroatoms. The van der Waals surface area contributed by atoms with Crippen LogP contribution in [0.2, 0.25) is 0 Å². The van der Waals surface area contributed by atoms with Gasteiger partial charge in [-0.2, -0.15) is 0 Å². The smallest absolute Gasteiger partial charge is 0.174 e. The van der Waals surface area contributed by atoms with E-state index in [9.17, 15) is 9.90 Å². The van der Waals surface area contributed by atoms with Crippen molar-refractivity contribution in [1.82, 2.24) is 4.90 Å². The Balaban J connectivity index is 1.83. The molecule has 0 bridgehead atoms. The molecule has 1 aliphatic heterocycles. The van der Waals surface area contributed by atoms with Gasteiger partial charge in [-0.15, -0.1) is 0 Å². The fourth-order valence-electron chi connectivity index (χ4n) is 3.47. The zero-order valence-electron chi connectivity index (χ0n) is 14.0. The number of ketones is 1. The number of aliphatic hydroxyl groups is 1. The zero-order valence-corrected chi connectivity index (χ0v) is 14.0. The first-order chi connectivity index (χ1) is 11.7. The van der Waals surface area contributed by atoms with E-state index in [1.807, 2.05) is 60.7 Å². The van der Waals surface area contributed by atoms with E-state index in [1.54, 1.807) is 0 Å². The molecule has 1 N–H and O–H groups in total. The second-order valence-electron chi connectivity index (χ2n) is 6.52. The van der Waals surface area contributed by atoms with E-state index in [0.717, 1.165) is 19.6 Å². The second-order valence-corrected chi connectivity index (χ2v) is 6.52. The van der Waals surface area contributed by atoms with Crippen molar-refractivity contribution in [1.29, 1.82) is 0 Å². The number of carbonyl (C=O) groups excluding carboxylic acids is 1. The Morgan fingerprint density at radius 3 is 1.88 bits per heavy atom. The number of rotatable bonds is 6. The molecule has 126 valence electrons. The number of Topliss-reactive ketones (excluding diaryl/α,β-unsaturated/α-hetero) is 1. The molecule has 1 aliphatic rings. The third kappa shape index (κ3) is 3.58. The maximum atomic E-state index is 13.0. The van der Waals surface area contributed by atoms with Gasteiger partial charge in [-0.05, 0) is 37.1 Å². The van der Waals surface area contributed by atoms with Gasteiger partial charge in [-0.3, -0.25) is 4.79 Å². The highest BCUT2D eigenvalue weighted by molar-refractivity contribution is 5.92. The second kappa shape index (κ2) is 7.73. The van der Waals surface area contributed by atoms with Gasteiger partial charge in [0.05, 0.1) is 0 Å². The van der Waals surface area contributed by atoms with Gasteiger partial charge in [-0.25, -0.2) is 0 Å². The molecular weight excluding hydrogens is 298 g/mol. The molecule has 0 atom stereocenters. The standard InChI is InChI=1S/C21H25NO2/c23-20(14-17-22-15-8-3-9-16-22)21(24,18-10-4-1-5-11-18)19-12-6-2-7-13-19/h1-2,4-7,10-13,24H,3,8-9,14-17H2. The van der Waals surface area contributed by atoms with Crippen LogP contribution in [0.3, 0.4) is 0 Å². The van der Waals surface area contributed by atoms with E-state index in [-0.39, 0.29) is 5.78 Å². The number of hydrogen-bond acceptors (Lipinski definition) is 3. The minimum atomic E-state index is -1.57. The normalized spacial score (nSPS) is 16.0. The average Bonchev–Trinajstić information content (AvgIpc) is 2.67. The summed E-state index contributed by atoms with van der Waals surface area (Å²) in [5, 5.41) is 11.4. The molecule has 0 saturated carbocycles. The number of likely N-dealkylation sites (tertiary alicyclic amines) is 1. The molecule has 2 aromatic carbocycles. The minimum absolute atomic E-state index is 0.134. The van der Waals surface area contributed by atoms with Crippen LogP contribution >= 0.6 is 0 Å². The van der Waals surface area contributed by atoms with Gasteiger partial charge in [0.25, 0.3) is 0 Å². The summed E-state index contributed by atoms with van der Waals surface area (Å²) in [6.07, 6.45) is 4.05. The maximum Gasteiger partial charge on any atom is 0.174 e. The van der Waals surface area contributed by atoms with Crippen LogP contribution in [-0.4, -0.2) is 35.4 Å². The first-order valence-corrected chi connectivity index (χ1v) is 8.80. The molecule has 3 nitrogen and oxygen atoms in total. The minimum Gasteiger partial charge on any atom is -0.373 e. The van der Waals surface area contributed by atoms with Crippen LogP contribution in [0.15, 0.2) is 60.7 Å². The molecule has 3 rings (SSSR count). The van der Waals surface area contributed by atoms with E-state index in [0.29, 0.717) is 17.5 Å². The highest BCUT2D eigenvalue weighted by Gasteiger charge is 2.39. The molecule has 2 aromatic rings. The van der Waals surface area contributed by atoms with Gasteiger partial charge >= 0.3 is 0 Å². The average molecular weight is 323 g/mol. The third-order valence-electron chi connectivity index (χ3n) is 4.89. The van der Waals surface area contributed by atoms with Crippen LogP contribution in [0, 0.1) is 0 Å². The summed E-state index contributed by atoms with van der Waals surface area (Å²) in [6, 6.07) is 18.5. The largest absolute Gasteiger partial charge is 0.373 e. The Morgan fingerprint density at radius 1 is 0.875 bits per heavy atom.